The number of nitro groups is 1. The summed E-state index contributed by atoms with van der Waals surface area (Å²) in [5, 5.41) is 10.6. The van der Waals surface area contributed by atoms with Crippen molar-refractivity contribution < 1.29 is 14.1 Å². The van der Waals surface area contributed by atoms with Crippen LogP contribution in [0.3, 0.4) is 0 Å². The van der Waals surface area contributed by atoms with Gasteiger partial charge in [0.15, 0.2) is 5.78 Å². The van der Waals surface area contributed by atoms with Crippen molar-refractivity contribution in [3.05, 3.63) is 52.0 Å². The first-order valence-electron chi connectivity index (χ1n) is 6.05. The second kappa shape index (κ2) is 4.35. The highest BCUT2D eigenvalue weighted by atomic mass is 16.6. The van der Waals surface area contributed by atoms with E-state index in [1.165, 1.54) is 12.1 Å². The number of benzene rings is 1. The number of nitrogens with zero attached hydrogens (tertiary/aromatic N) is 1. The molecule has 0 saturated carbocycles. The normalized spacial score (nSPS) is 14.2. The molecular weight excluding hydrogens is 246 g/mol. The summed E-state index contributed by atoms with van der Waals surface area (Å²) < 4.78 is 5.43. The van der Waals surface area contributed by atoms with Crippen LogP contribution < -0.4 is 0 Å². The number of non-ortho nitro benzene ring substituents is 1. The molecule has 0 bridgehead atoms. The first-order chi connectivity index (χ1) is 9.16. The molecule has 3 rings (SSSR count). The van der Waals surface area contributed by atoms with E-state index in [2.05, 4.69) is 0 Å². The summed E-state index contributed by atoms with van der Waals surface area (Å²) in [7, 11) is 0. The average Bonchev–Trinajstić information content (AvgIpc) is 2.84. The van der Waals surface area contributed by atoms with Crippen molar-refractivity contribution in [2.75, 3.05) is 0 Å². The van der Waals surface area contributed by atoms with Gasteiger partial charge in [0.2, 0.25) is 0 Å². The van der Waals surface area contributed by atoms with Gasteiger partial charge in [-0.2, -0.15) is 0 Å². The van der Waals surface area contributed by atoms with Gasteiger partial charge in [-0.15, -0.1) is 0 Å². The van der Waals surface area contributed by atoms with Gasteiger partial charge in [-0.1, -0.05) is 0 Å². The number of carbonyl (C=O) groups excluding carboxylic acids is 1. The van der Waals surface area contributed by atoms with Crippen LogP contribution in [0.2, 0.25) is 0 Å². The van der Waals surface area contributed by atoms with E-state index in [1.54, 1.807) is 18.4 Å². The number of nitro benzene ring substituents is 1. The summed E-state index contributed by atoms with van der Waals surface area (Å²) >= 11 is 0. The van der Waals surface area contributed by atoms with E-state index in [-0.39, 0.29) is 11.5 Å². The third kappa shape index (κ3) is 1.93. The van der Waals surface area contributed by atoms with Crippen LogP contribution in [0.15, 0.2) is 34.9 Å². The third-order valence-electron chi connectivity index (χ3n) is 3.34. The van der Waals surface area contributed by atoms with E-state index in [0.29, 0.717) is 12.0 Å². The molecule has 0 aliphatic heterocycles. The minimum absolute atomic E-state index is 0.0347. The van der Waals surface area contributed by atoms with Crippen molar-refractivity contribution in [2.24, 2.45) is 0 Å². The average molecular weight is 257 g/mol. The standard InChI is InChI=1S/C14H11NO4/c16-12-2-1-3-13-14(12)11(8-19-13)9-4-6-10(7-5-9)15(17)18/h4-8H,1-3H2. The van der Waals surface area contributed by atoms with Crippen LogP contribution in [0.1, 0.15) is 29.0 Å². The van der Waals surface area contributed by atoms with Gasteiger partial charge in [0, 0.05) is 30.5 Å². The van der Waals surface area contributed by atoms with E-state index in [9.17, 15) is 14.9 Å². The number of carbonyl (C=O) groups is 1. The monoisotopic (exact) mass is 257 g/mol. The zero-order valence-corrected chi connectivity index (χ0v) is 10.1. The first-order valence-corrected chi connectivity index (χ1v) is 6.05. The summed E-state index contributed by atoms with van der Waals surface area (Å²) in [6, 6.07) is 6.15. The number of ketones is 1. The summed E-state index contributed by atoms with van der Waals surface area (Å²) in [6.45, 7) is 0. The Morgan fingerprint density at radius 2 is 1.89 bits per heavy atom. The fourth-order valence-corrected chi connectivity index (χ4v) is 2.40. The molecule has 0 fully saturated rings. The smallest absolute Gasteiger partial charge is 0.269 e. The molecule has 0 atom stereocenters. The maximum Gasteiger partial charge on any atom is 0.269 e. The Hall–Kier alpha value is -2.43. The summed E-state index contributed by atoms with van der Waals surface area (Å²) in [6.07, 6.45) is 3.69. The number of rotatable bonds is 2. The van der Waals surface area contributed by atoms with E-state index < -0.39 is 4.92 Å². The zero-order valence-electron chi connectivity index (χ0n) is 10.1. The van der Waals surface area contributed by atoms with Crippen molar-refractivity contribution in [1.82, 2.24) is 0 Å². The highest BCUT2D eigenvalue weighted by molar-refractivity contribution is 6.04. The fourth-order valence-electron chi connectivity index (χ4n) is 2.40. The van der Waals surface area contributed by atoms with E-state index in [4.69, 9.17) is 4.42 Å². The maximum atomic E-state index is 11.9. The molecule has 19 heavy (non-hydrogen) atoms. The highest BCUT2D eigenvalue weighted by Gasteiger charge is 2.25. The molecule has 1 aliphatic rings. The van der Waals surface area contributed by atoms with Gasteiger partial charge in [-0.3, -0.25) is 14.9 Å². The largest absolute Gasteiger partial charge is 0.468 e. The zero-order chi connectivity index (χ0) is 13.4. The van der Waals surface area contributed by atoms with Crippen LogP contribution in [0, 0.1) is 10.1 Å². The minimum atomic E-state index is -0.445. The third-order valence-corrected chi connectivity index (χ3v) is 3.34. The van der Waals surface area contributed by atoms with Gasteiger partial charge in [0.05, 0.1) is 16.7 Å². The Kier molecular flexibility index (Phi) is 2.67. The topological polar surface area (TPSA) is 73.3 Å². The Balaban J connectivity index is 2.05. The predicted octanol–water partition coefficient (Wildman–Crippen LogP) is 3.37. The molecule has 1 heterocycles. The Bertz CT molecular complexity index is 655. The Morgan fingerprint density at radius 3 is 2.58 bits per heavy atom. The van der Waals surface area contributed by atoms with E-state index >= 15 is 0 Å². The number of fused-ring (bicyclic) bond motifs is 1. The van der Waals surface area contributed by atoms with Crippen molar-refractivity contribution in [1.29, 1.82) is 0 Å². The first kappa shape index (κ1) is 11.6. The lowest BCUT2D eigenvalue weighted by Gasteiger charge is -2.09. The van der Waals surface area contributed by atoms with Crippen LogP contribution >= 0.6 is 0 Å². The van der Waals surface area contributed by atoms with Crippen LogP contribution in [-0.2, 0) is 6.42 Å². The van der Waals surface area contributed by atoms with E-state index in [0.717, 1.165) is 29.7 Å². The summed E-state index contributed by atoms with van der Waals surface area (Å²) in [5.41, 5.74) is 2.17. The van der Waals surface area contributed by atoms with Crippen molar-refractivity contribution in [2.45, 2.75) is 19.3 Å². The number of Topliss-reactive ketones (excluding diaryl/α,β-unsaturated/α-hetero) is 1. The van der Waals surface area contributed by atoms with Crippen LogP contribution in [0.25, 0.3) is 11.1 Å². The predicted molar refractivity (Wildman–Crippen MR) is 68.1 cm³/mol. The lowest BCUT2D eigenvalue weighted by Crippen LogP contribution is -2.09. The molecule has 0 N–H and O–H groups in total. The fraction of sp³-hybridized carbons (Fsp3) is 0.214. The number of furan rings is 1. The minimum Gasteiger partial charge on any atom is -0.468 e. The van der Waals surface area contributed by atoms with Gasteiger partial charge >= 0.3 is 0 Å². The molecule has 5 heteroatoms. The van der Waals surface area contributed by atoms with Crippen LogP contribution in [-0.4, -0.2) is 10.7 Å². The molecule has 2 aromatic rings. The molecule has 5 nitrogen and oxygen atoms in total. The van der Waals surface area contributed by atoms with Gasteiger partial charge in [-0.25, -0.2) is 0 Å². The van der Waals surface area contributed by atoms with E-state index in [1.807, 2.05) is 0 Å². The quantitative estimate of drug-likeness (QED) is 0.610. The highest BCUT2D eigenvalue weighted by Crippen LogP contribution is 2.33. The second-order valence-electron chi connectivity index (χ2n) is 4.53. The molecule has 0 unspecified atom stereocenters. The molecule has 0 saturated heterocycles. The van der Waals surface area contributed by atoms with Crippen molar-refractivity contribution in [3.63, 3.8) is 0 Å². The van der Waals surface area contributed by atoms with Gasteiger partial charge in [0.1, 0.15) is 5.76 Å². The number of hydrogen-bond acceptors (Lipinski definition) is 4. The molecular formula is C14H11NO4. The van der Waals surface area contributed by atoms with Crippen molar-refractivity contribution in [3.8, 4) is 11.1 Å². The molecule has 1 aromatic heterocycles. The molecule has 0 amide bonds. The molecule has 96 valence electrons. The van der Waals surface area contributed by atoms with Gasteiger partial charge < -0.3 is 4.42 Å². The van der Waals surface area contributed by atoms with Gasteiger partial charge in [0.25, 0.3) is 5.69 Å². The number of aryl methyl sites for hydroxylation is 1. The Labute approximate surface area is 109 Å². The lowest BCUT2D eigenvalue weighted by atomic mass is 9.91. The van der Waals surface area contributed by atoms with Gasteiger partial charge in [-0.05, 0) is 24.1 Å². The van der Waals surface area contributed by atoms with Crippen molar-refractivity contribution >= 4 is 11.5 Å². The summed E-state index contributed by atoms with van der Waals surface area (Å²) in [4.78, 5) is 22.1. The molecule has 0 radical (unpaired) electrons. The van der Waals surface area contributed by atoms with Crippen LogP contribution in [0.4, 0.5) is 5.69 Å². The molecule has 1 aliphatic carbocycles. The molecule has 1 aromatic carbocycles. The maximum absolute atomic E-state index is 11.9. The lowest BCUT2D eigenvalue weighted by molar-refractivity contribution is -0.384. The Morgan fingerprint density at radius 1 is 1.16 bits per heavy atom. The summed E-state index contributed by atoms with van der Waals surface area (Å²) in [5.74, 6) is 0.813. The SMILES string of the molecule is O=C1CCCc2occ(-c3ccc([N+](=O)[O-])cc3)c21. The number of hydrogen-bond donors (Lipinski definition) is 0. The molecule has 0 spiro atoms. The second-order valence-corrected chi connectivity index (χ2v) is 4.53. The van der Waals surface area contributed by atoms with Crippen LogP contribution in [0.5, 0.6) is 0 Å².